The van der Waals surface area contributed by atoms with Gasteiger partial charge in [-0.3, -0.25) is 4.79 Å². The molecular weight excluding hydrogens is 222 g/mol. The van der Waals surface area contributed by atoms with E-state index in [-0.39, 0.29) is 11.9 Å². The minimum absolute atomic E-state index is 0.00776. The van der Waals surface area contributed by atoms with Gasteiger partial charge in [-0.05, 0) is 19.1 Å². The van der Waals surface area contributed by atoms with Crippen LogP contribution in [0.3, 0.4) is 0 Å². The van der Waals surface area contributed by atoms with Crippen LogP contribution >= 0.6 is 22.9 Å². The molecule has 0 fully saturated rings. The quantitative estimate of drug-likeness (QED) is 0.866. The predicted molar refractivity (Wildman–Crippen MR) is 58.1 cm³/mol. The van der Waals surface area contributed by atoms with Gasteiger partial charge in [-0.2, -0.15) is 0 Å². The molecule has 1 aromatic heterocycles. The fourth-order valence-corrected chi connectivity index (χ4v) is 1.97. The Kier molecular flexibility index (Phi) is 4.38. The van der Waals surface area contributed by atoms with Crippen molar-refractivity contribution in [3.05, 3.63) is 21.3 Å². The van der Waals surface area contributed by atoms with Crippen molar-refractivity contribution in [1.29, 1.82) is 0 Å². The van der Waals surface area contributed by atoms with E-state index in [1.807, 2.05) is 6.92 Å². The maximum atomic E-state index is 11.5. The van der Waals surface area contributed by atoms with E-state index in [1.165, 1.54) is 11.3 Å². The van der Waals surface area contributed by atoms with Crippen LogP contribution in [0, 0.1) is 0 Å². The maximum Gasteiger partial charge on any atom is 0.261 e. The van der Waals surface area contributed by atoms with Crippen molar-refractivity contribution in [3.8, 4) is 0 Å². The highest BCUT2D eigenvalue weighted by Gasteiger charge is 2.11. The molecule has 0 saturated carbocycles. The molecule has 1 N–H and O–H groups in total. The molecule has 0 radical (unpaired) electrons. The summed E-state index contributed by atoms with van der Waals surface area (Å²) in [6, 6.07) is 3.43. The number of rotatable bonds is 4. The zero-order valence-corrected chi connectivity index (χ0v) is 9.61. The van der Waals surface area contributed by atoms with Gasteiger partial charge in [0.05, 0.1) is 15.8 Å². The molecule has 0 bridgehead atoms. The number of halogens is 1. The number of amides is 1. The molecule has 0 aliphatic rings. The molecule has 1 rings (SSSR count). The molecular formula is C9H12ClNO2S. The van der Waals surface area contributed by atoms with Gasteiger partial charge in [0, 0.05) is 13.2 Å². The van der Waals surface area contributed by atoms with Gasteiger partial charge in [0.1, 0.15) is 0 Å². The van der Waals surface area contributed by atoms with Gasteiger partial charge >= 0.3 is 0 Å². The van der Waals surface area contributed by atoms with E-state index in [4.69, 9.17) is 16.3 Å². The van der Waals surface area contributed by atoms with Crippen LogP contribution < -0.4 is 5.32 Å². The summed E-state index contributed by atoms with van der Waals surface area (Å²) in [4.78, 5) is 12.2. The Bertz CT molecular complexity index is 314. The zero-order chi connectivity index (χ0) is 10.6. The van der Waals surface area contributed by atoms with Crippen LogP contribution in [0.1, 0.15) is 16.6 Å². The Hall–Kier alpha value is -0.580. The van der Waals surface area contributed by atoms with Crippen LogP contribution in [-0.2, 0) is 4.74 Å². The summed E-state index contributed by atoms with van der Waals surface area (Å²) >= 11 is 6.98. The number of nitrogens with one attached hydrogen (secondary N) is 1. The highest BCUT2D eigenvalue weighted by atomic mass is 35.5. The third kappa shape index (κ3) is 3.29. The summed E-state index contributed by atoms with van der Waals surface area (Å²) in [5, 5.41) is 2.80. The van der Waals surface area contributed by atoms with Gasteiger partial charge in [-0.15, -0.1) is 11.3 Å². The van der Waals surface area contributed by atoms with Gasteiger partial charge in [0.15, 0.2) is 0 Å². The highest BCUT2D eigenvalue weighted by molar-refractivity contribution is 7.17. The van der Waals surface area contributed by atoms with Crippen LogP contribution in [0.2, 0.25) is 4.34 Å². The first-order valence-corrected chi connectivity index (χ1v) is 5.38. The summed E-state index contributed by atoms with van der Waals surface area (Å²) in [5.74, 6) is -0.105. The molecule has 5 heteroatoms. The van der Waals surface area contributed by atoms with Crippen LogP contribution in [0.4, 0.5) is 0 Å². The Morgan fingerprint density at radius 1 is 1.71 bits per heavy atom. The van der Waals surface area contributed by atoms with Crippen LogP contribution in [0.15, 0.2) is 12.1 Å². The van der Waals surface area contributed by atoms with Crippen molar-refractivity contribution in [1.82, 2.24) is 5.32 Å². The van der Waals surface area contributed by atoms with Crippen molar-refractivity contribution in [3.63, 3.8) is 0 Å². The second-order valence-electron chi connectivity index (χ2n) is 2.93. The first-order valence-electron chi connectivity index (χ1n) is 4.18. The zero-order valence-electron chi connectivity index (χ0n) is 8.04. The molecule has 1 atom stereocenters. The summed E-state index contributed by atoms with van der Waals surface area (Å²) in [6.07, 6.45) is 0. The number of ether oxygens (including phenoxy) is 1. The molecule has 0 spiro atoms. The topological polar surface area (TPSA) is 38.3 Å². The standard InChI is InChI=1S/C9H12ClNO2S/c1-6(5-13-2)11-9(12)7-3-4-8(10)14-7/h3-4,6H,5H2,1-2H3,(H,11,12)/t6-/m1/s1. The number of hydrogen-bond donors (Lipinski definition) is 1. The summed E-state index contributed by atoms with van der Waals surface area (Å²) in [7, 11) is 1.60. The fourth-order valence-electron chi connectivity index (χ4n) is 1.02. The van der Waals surface area contributed by atoms with E-state index in [0.717, 1.165) is 0 Å². The Morgan fingerprint density at radius 3 is 2.93 bits per heavy atom. The molecule has 14 heavy (non-hydrogen) atoms. The van der Waals surface area contributed by atoms with Crippen molar-refractivity contribution in [2.24, 2.45) is 0 Å². The Morgan fingerprint density at radius 2 is 2.43 bits per heavy atom. The number of carbonyl (C=O) groups excluding carboxylic acids is 1. The third-order valence-corrected chi connectivity index (χ3v) is 2.82. The summed E-state index contributed by atoms with van der Waals surface area (Å²) in [6.45, 7) is 2.39. The lowest BCUT2D eigenvalue weighted by molar-refractivity contribution is 0.0909. The van der Waals surface area contributed by atoms with Crippen LogP contribution in [0.5, 0.6) is 0 Å². The number of methoxy groups -OCH3 is 1. The molecule has 1 amide bonds. The van der Waals surface area contributed by atoms with E-state index in [1.54, 1.807) is 19.2 Å². The van der Waals surface area contributed by atoms with E-state index >= 15 is 0 Å². The molecule has 0 saturated heterocycles. The molecule has 0 aliphatic carbocycles. The van der Waals surface area contributed by atoms with Gasteiger partial charge in [0.2, 0.25) is 0 Å². The lowest BCUT2D eigenvalue weighted by Crippen LogP contribution is -2.35. The fraction of sp³-hybridized carbons (Fsp3) is 0.444. The maximum absolute atomic E-state index is 11.5. The average Bonchev–Trinajstić information content (AvgIpc) is 2.52. The number of thiophene rings is 1. The lowest BCUT2D eigenvalue weighted by atomic mass is 10.3. The molecule has 0 unspecified atom stereocenters. The van der Waals surface area contributed by atoms with Crippen LogP contribution in [0.25, 0.3) is 0 Å². The van der Waals surface area contributed by atoms with Crippen molar-refractivity contribution in [2.75, 3.05) is 13.7 Å². The molecule has 1 heterocycles. The predicted octanol–water partition coefficient (Wildman–Crippen LogP) is 2.17. The van der Waals surface area contributed by atoms with Crippen LogP contribution in [-0.4, -0.2) is 25.7 Å². The molecule has 0 aliphatic heterocycles. The minimum atomic E-state index is -0.105. The minimum Gasteiger partial charge on any atom is -0.383 e. The Balaban J connectivity index is 2.50. The van der Waals surface area contributed by atoms with Gasteiger partial charge in [0.25, 0.3) is 5.91 Å². The third-order valence-electron chi connectivity index (χ3n) is 1.59. The van der Waals surface area contributed by atoms with Gasteiger partial charge < -0.3 is 10.1 Å². The summed E-state index contributed by atoms with van der Waals surface area (Å²) < 4.78 is 5.53. The molecule has 78 valence electrons. The highest BCUT2D eigenvalue weighted by Crippen LogP contribution is 2.21. The lowest BCUT2D eigenvalue weighted by Gasteiger charge is -2.11. The second-order valence-corrected chi connectivity index (χ2v) is 4.65. The second kappa shape index (κ2) is 5.34. The van der Waals surface area contributed by atoms with Crippen molar-refractivity contribution >= 4 is 28.8 Å². The molecule has 0 aromatic carbocycles. The first kappa shape index (κ1) is 11.5. The SMILES string of the molecule is COC[C@@H](C)NC(=O)c1ccc(Cl)s1. The van der Waals surface area contributed by atoms with E-state index in [2.05, 4.69) is 5.32 Å². The Labute approximate surface area is 92.0 Å². The first-order chi connectivity index (χ1) is 6.63. The van der Waals surface area contributed by atoms with E-state index < -0.39 is 0 Å². The number of carbonyl (C=O) groups is 1. The monoisotopic (exact) mass is 233 g/mol. The molecule has 1 aromatic rings. The van der Waals surface area contributed by atoms with Gasteiger partial charge in [-0.1, -0.05) is 11.6 Å². The summed E-state index contributed by atoms with van der Waals surface area (Å²) in [5.41, 5.74) is 0. The van der Waals surface area contributed by atoms with Gasteiger partial charge in [-0.25, -0.2) is 0 Å². The van der Waals surface area contributed by atoms with E-state index in [0.29, 0.717) is 15.8 Å². The van der Waals surface area contributed by atoms with Crippen molar-refractivity contribution < 1.29 is 9.53 Å². The van der Waals surface area contributed by atoms with Crippen molar-refractivity contribution in [2.45, 2.75) is 13.0 Å². The van der Waals surface area contributed by atoms with E-state index in [9.17, 15) is 4.79 Å². The average molecular weight is 234 g/mol. The molecule has 3 nitrogen and oxygen atoms in total. The number of hydrogen-bond acceptors (Lipinski definition) is 3. The smallest absolute Gasteiger partial charge is 0.261 e. The normalized spacial score (nSPS) is 12.5. The largest absolute Gasteiger partial charge is 0.383 e.